The highest BCUT2D eigenvalue weighted by molar-refractivity contribution is 6.05. The first-order chi connectivity index (χ1) is 15.8. The van der Waals surface area contributed by atoms with Crippen LogP contribution in [0.3, 0.4) is 0 Å². The molecule has 1 unspecified atom stereocenters. The van der Waals surface area contributed by atoms with Gasteiger partial charge in [-0.25, -0.2) is 0 Å². The second kappa shape index (κ2) is 9.28. The number of hydrogen-bond acceptors (Lipinski definition) is 4. The molecule has 33 heavy (non-hydrogen) atoms. The van der Waals surface area contributed by atoms with E-state index in [1.54, 1.807) is 53.2 Å². The van der Waals surface area contributed by atoms with Gasteiger partial charge < -0.3 is 14.5 Å². The van der Waals surface area contributed by atoms with Crippen molar-refractivity contribution < 1.29 is 19.1 Å². The van der Waals surface area contributed by atoms with Crippen LogP contribution in [-0.4, -0.2) is 31.4 Å². The van der Waals surface area contributed by atoms with Crippen molar-refractivity contribution in [1.29, 1.82) is 0 Å². The van der Waals surface area contributed by atoms with Crippen molar-refractivity contribution in [2.45, 2.75) is 20.3 Å². The molecule has 168 valence electrons. The number of aryl methyl sites for hydroxylation is 2. The number of rotatable bonds is 5. The second-order valence-corrected chi connectivity index (χ2v) is 8.39. The van der Waals surface area contributed by atoms with Crippen molar-refractivity contribution >= 4 is 29.2 Å². The highest BCUT2D eigenvalue weighted by Crippen LogP contribution is 2.27. The average Bonchev–Trinajstić information content (AvgIpc) is 3.21. The maximum atomic E-state index is 12.7. The maximum Gasteiger partial charge on any atom is 0.316 e. The predicted molar refractivity (Wildman–Crippen MR) is 128 cm³/mol. The lowest BCUT2D eigenvalue weighted by Gasteiger charge is -2.18. The fourth-order valence-electron chi connectivity index (χ4n) is 3.78. The molecule has 6 nitrogen and oxygen atoms in total. The molecule has 1 atom stereocenters. The SMILES string of the molecule is Cc1ccc(C(=O)N(C)c2ccc(OC(=O)C3CC(=O)N(c4ccc(C)cc4)C3)cc2)cc1. The summed E-state index contributed by atoms with van der Waals surface area (Å²) in [5, 5.41) is 0. The van der Waals surface area contributed by atoms with E-state index in [1.807, 2.05) is 50.2 Å². The minimum atomic E-state index is -0.524. The van der Waals surface area contributed by atoms with Gasteiger partial charge in [0.25, 0.3) is 5.91 Å². The summed E-state index contributed by atoms with van der Waals surface area (Å²) in [6.07, 6.45) is 0.124. The van der Waals surface area contributed by atoms with E-state index in [4.69, 9.17) is 4.74 Å². The molecule has 0 saturated carbocycles. The van der Waals surface area contributed by atoms with Crippen LogP contribution in [0, 0.1) is 19.8 Å². The molecule has 0 spiro atoms. The van der Waals surface area contributed by atoms with Gasteiger partial charge in [0.15, 0.2) is 0 Å². The summed E-state index contributed by atoms with van der Waals surface area (Å²) in [6.45, 7) is 4.25. The molecule has 1 fully saturated rings. The lowest BCUT2D eigenvalue weighted by atomic mass is 10.1. The summed E-state index contributed by atoms with van der Waals surface area (Å²) in [6, 6.07) is 21.8. The number of nitrogens with zero attached hydrogens (tertiary/aromatic N) is 2. The molecule has 0 bridgehead atoms. The standard InChI is InChI=1S/C27H26N2O4/c1-18-4-8-20(9-5-18)26(31)28(3)22-12-14-24(15-13-22)33-27(32)21-16-25(30)29(17-21)23-10-6-19(2)7-11-23/h4-15,21H,16-17H2,1-3H3. The van der Waals surface area contributed by atoms with Gasteiger partial charge in [0.1, 0.15) is 5.75 Å². The van der Waals surface area contributed by atoms with Gasteiger partial charge >= 0.3 is 5.97 Å². The monoisotopic (exact) mass is 442 g/mol. The molecular weight excluding hydrogens is 416 g/mol. The van der Waals surface area contributed by atoms with Gasteiger partial charge in [-0.05, 0) is 62.4 Å². The molecule has 0 aliphatic carbocycles. The van der Waals surface area contributed by atoms with Crippen molar-refractivity contribution in [3.63, 3.8) is 0 Å². The number of carbonyl (C=O) groups excluding carboxylic acids is 3. The van der Waals surface area contributed by atoms with Crippen LogP contribution in [-0.2, 0) is 9.59 Å². The molecule has 1 aliphatic rings. The second-order valence-electron chi connectivity index (χ2n) is 8.39. The Morgan fingerprint density at radius 3 is 2.06 bits per heavy atom. The smallest absolute Gasteiger partial charge is 0.316 e. The fourth-order valence-corrected chi connectivity index (χ4v) is 3.78. The van der Waals surface area contributed by atoms with Crippen LogP contribution in [0.1, 0.15) is 27.9 Å². The van der Waals surface area contributed by atoms with Gasteiger partial charge in [-0.3, -0.25) is 14.4 Å². The Bertz CT molecular complexity index is 1170. The summed E-state index contributed by atoms with van der Waals surface area (Å²) in [5.74, 6) is -0.798. The Morgan fingerprint density at radius 2 is 1.45 bits per heavy atom. The van der Waals surface area contributed by atoms with E-state index in [1.165, 1.54) is 0 Å². The number of hydrogen-bond donors (Lipinski definition) is 0. The number of carbonyl (C=O) groups is 3. The first-order valence-electron chi connectivity index (χ1n) is 10.9. The van der Waals surface area contributed by atoms with E-state index in [0.717, 1.165) is 16.8 Å². The number of amides is 2. The molecule has 0 radical (unpaired) electrons. The predicted octanol–water partition coefficient (Wildman–Crippen LogP) is 4.54. The van der Waals surface area contributed by atoms with Crippen molar-refractivity contribution in [3.05, 3.63) is 89.5 Å². The zero-order valence-electron chi connectivity index (χ0n) is 18.9. The van der Waals surface area contributed by atoms with Crippen molar-refractivity contribution in [1.82, 2.24) is 0 Å². The van der Waals surface area contributed by atoms with Gasteiger partial charge in [-0.2, -0.15) is 0 Å². The minimum Gasteiger partial charge on any atom is -0.426 e. The summed E-state index contributed by atoms with van der Waals surface area (Å²) < 4.78 is 5.52. The van der Waals surface area contributed by atoms with Gasteiger partial charge in [0, 0.05) is 37.0 Å². The number of benzene rings is 3. The van der Waals surface area contributed by atoms with E-state index in [9.17, 15) is 14.4 Å². The zero-order valence-corrected chi connectivity index (χ0v) is 18.9. The van der Waals surface area contributed by atoms with Gasteiger partial charge in [-0.15, -0.1) is 0 Å². The van der Waals surface area contributed by atoms with E-state index in [0.29, 0.717) is 23.5 Å². The van der Waals surface area contributed by atoms with Crippen molar-refractivity contribution in [2.24, 2.45) is 5.92 Å². The molecule has 3 aromatic carbocycles. The van der Waals surface area contributed by atoms with Gasteiger partial charge in [0.2, 0.25) is 5.91 Å². The first kappa shape index (κ1) is 22.3. The highest BCUT2D eigenvalue weighted by Gasteiger charge is 2.36. The molecule has 1 aliphatic heterocycles. The third kappa shape index (κ3) is 4.95. The van der Waals surface area contributed by atoms with E-state index in [-0.39, 0.29) is 18.2 Å². The number of esters is 1. The zero-order chi connectivity index (χ0) is 23.5. The van der Waals surface area contributed by atoms with Crippen LogP contribution in [0.4, 0.5) is 11.4 Å². The summed E-state index contributed by atoms with van der Waals surface area (Å²) in [4.78, 5) is 41.0. The average molecular weight is 443 g/mol. The van der Waals surface area contributed by atoms with Gasteiger partial charge in [0.05, 0.1) is 5.92 Å². The fraction of sp³-hybridized carbons (Fsp3) is 0.222. The summed E-state index contributed by atoms with van der Waals surface area (Å²) in [5.41, 5.74) is 4.26. The Labute approximate surface area is 193 Å². The Balaban J connectivity index is 1.38. The number of ether oxygens (including phenoxy) is 1. The van der Waals surface area contributed by atoms with Crippen LogP contribution < -0.4 is 14.5 Å². The van der Waals surface area contributed by atoms with Crippen molar-refractivity contribution in [3.8, 4) is 5.75 Å². The Hall–Kier alpha value is -3.93. The third-order valence-electron chi connectivity index (χ3n) is 5.85. The largest absolute Gasteiger partial charge is 0.426 e. The van der Waals surface area contributed by atoms with Crippen LogP contribution >= 0.6 is 0 Å². The molecule has 0 N–H and O–H groups in total. The van der Waals surface area contributed by atoms with Crippen LogP contribution in [0.25, 0.3) is 0 Å². The summed E-state index contributed by atoms with van der Waals surface area (Å²) >= 11 is 0. The lowest BCUT2D eigenvalue weighted by molar-refractivity contribution is -0.139. The van der Waals surface area contributed by atoms with E-state index >= 15 is 0 Å². The van der Waals surface area contributed by atoms with Crippen molar-refractivity contribution in [2.75, 3.05) is 23.4 Å². The van der Waals surface area contributed by atoms with E-state index < -0.39 is 11.9 Å². The minimum absolute atomic E-state index is 0.0904. The number of anilines is 2. The highest BCUT2D eigenvalue weighted by atomic mass is 16.5. The molecular formula is C27H26N2O4. The third-order valence-corrected chi connectivity index (χ3v) is 5.85. The van der Waals surface area contributed by atoms with Crippen LogP contribution in [0.2, 0.25) is 0 Å². The van der Waals surface area contributed by atoms with Gasteiger partial charge in [-0.1, -0.05) is 35.4 Å². The molecule has 2 amide bonds. The molecule has 3 aromatic rings. The molecule has 1 heterocycles. The maximum absolute atomic E-state index is 12.7. The summed E-state index contributed by atoms with van der Waals surface area (Å²) in [7, 11) is 1.70. The molecule has 0 aromatic heterocycles. The van der Waals surface area contributed by atoms with Crippen LogP contribution in [0.15, 0.2) is 72.8 Å². The Morgan fingerprint density at radius 1 is 0.879 bits per heavy atom. The normalized spacial score (nSPS) is 15.4. The first-order valence-corrected chi connectivity index (χ1v) is 10.9. The quantitative estimate of drug-likeness (QED) is 0.430. The molecule has 1 saturated heterocycles. The molecule has 4 rings (SSSR count). The molecule has 6 heteroatoms. The van der Waals surface area contributed by atoms with Crippen LogP contribution in [0.5, 0.6) is 5.75 Å². The topological polar surface area (TPSA) is 66.9 Å². The van der Waals surface area contributed by atoms with E-state index in [2.05, 4.69) is 0 Å². The lowest BCUT2D eigenvalue weighted by Crippen LogP contribution is -2.27. The Kier molecular flexibility index (Phi) is 6.27.